The molecule has 21 heavy (non-hydrogen) atoms. The van der Waals surface area contributed by atoms with Gasteiger partial charge >= 0.3 is 0 Å². The predicted molar refractivity (Wildman–Crippen MR) is 81.3 cm³/mol. The molecule has 2 N–H and O–H groups in total. The number of carbonyl (C=O) groups excluding carboxylic acids is 1. The van der Waals surface area contributed by atoms with Gasteiger partial charge < -0.3 is 20.1 Å². The van der Waals surface area contributed by atoms with Crippen molar-refractivity contribution in [1.29, 1.82) is 0 Å². The Balaban J connectivity index is 2.00. The first-order valence-electron chi connectivity index (χ1n) is 7.35. The Labute approximate surface area is 125 Å². The van der Waals surface area contributed by atoms with Crippen molar-refractivity contribution in [2.45, 2.75) is 32.4 Å². The third-order valence-corrected chi connectivity index (χ3v) is 4.01. The molecule has 1 aliphatic rings. The van der Waals surface area contributed by atoms with Crippen LogP contribution in [0.1, 0.15) is 25.3 Å². The van der Waals surface area contributed by atoms with Gasteiger partial charge in [-0.3, -0.25) is 4.79 Å². The van der Waals surface area contributed by atoms with Crippen molar-refractivity contribution in [1.82, 2.24) is 10.2 Å². The van der Waals surface area contributed by atoms with E-state index >= 15 is 0 Å². The molecular formula is C16H24N2O3. The van der Waals surface area contributed by atoms with Gasteiger partial charge in [0.2, 0.25) is 5.91 Å². The maximum absolute atomic E-state index is 12.5. The fraction of sp³-hybridized carbons (Fsp3) is 0.562. The van der Waals surface area contributed by atoms with E-state index < -0.39 is 0 Å². The number of amides is 1. The molecule has 1 amide bonds. The number of aromatic hydroxyl groups is 1. The highest BCUT2D eigenvalue weighted by atomic mass is 16.5. The van der Waals surface area contributed by atoms with Crippen LogP contribution in [0.4, 0.5) is 0 Å². The van der Waals surface area contributed by atoms with Crippen LogP contribution in [0.5, 0.6) is 11.5 Å². The van der Waals surface area contributed by atoms with E-state index in [4.69, 9.17) is 4.74 Å². The molecule has 1 aliphatic heterocycles. The van der Waals surface area contributed by atoms with Gasteiger partial charge in [-0.15, -0.1) is 0 Å². The van der Waals surface area contributed by atoms with E-state index in [0.717, 1.165) is 24.9 Å². The van der Waals surface area contributed by atoms with Gasteiger partial charge in [0.1, 0.15) is 0 Å². The summed E-state index contributed by atoms with van der Waals surface area (Å²) in [5, 5.41) is 13.0. The summed E-state index contributed by atoms with van der Waals surface area (Å²) in [7, 11) is 3.35. The topological polar surface area (TPSA) is 61.8 Å². The van der Waals surface area contributed by atoms with Gasteiger partial charge in [0.05, 0.1) is 7.11 Å². The quantitative estimate of drug-likeness (QED) is 0.887. The maximum atomic E-state index is 12.5. The summed E-state index contributed by atoms with van der Waals surface area (Å²) in [6, 6.07) is 5.57. The first-order valence-corrected chi connectivity index (χ1v) is 7.35. The van der Waals surface area contributed by atoms with Crippen molar-refractivity contribution in [3.8, 4) is 11.5 Å². The Morgan fingerprint density at radius 2 is 2.29 bits per heavy atom. The zero-order valence-corrected chi connectivity index (χ0v) is 12.9. The van der Waals surface area contributed by atoms with Crippen LogP contribution in [-0.2, 0) is 11.3 Å². The number of nitrogens with one attached hydrogen (secondary N) is 1. The van der Waals surface area contributed by atoms with Gasteiger partial charge in [-0.05, 0) is 44.0 Å². The number of ether oxygens (including phenoxy) is 1. The zero-order chi connectivity index (χ0) is 15.4. The van der Waals surface area contributed by atoms with Crippen molar-refractivity contribution < 1.29 is 14.6 Å². The Kier molecular flexibility index (Phi) is 5.07. The number of rotatable bonds is 4. The number of phenolic OH excluding ortho intramolecular Hbond substituents is 1. The van der Waals surface area contributed by atoms with Crippen molar-refractivity contribution in [3.05, 3.63) is 23.8 Å². The fourth-order valence-electron chi connectivity index (χ4n) is 2.84. The Bertz CT molecular complexity index is 504. The minimum absolute atomic E-state index is 0.102. The summed E-state index contributed by atoms with van der Waals surface area (Å²) >= 11 is 0. The average Bonchev–Trinajstić information content (AvgIpc) is 2.48. The zero-order valence-electron chi connectivity index (χ0n) is 12.9. The van der Waals surface area contributed by atoms with Crippen LogP contribution in [0.25, 0.3) is 0 Å². The summed E-state index contributed by atoms with van der Waals surface area (Å²) in [4.78, 5) is 14.2. The monoisotopic (exact) mass is 292 g/mol. The number of carbonyl (C=O) groups is 1. The number of phenols is 1. The van der Waals surface area contributed by atoms with Gasteiger partial charge in [-0.25, -0.2) is 0 Å². The van der Waals surface area contributed by atoms with Crippen LogP contribution in [0.15, 0.2) is 18.2 Å². The lowest BCUT2D eigenvalue weighted by Crippen LogP contribution is -2.42. The third kappa shape index (κ3) is 3.88. The molecule has 0 bridgehead atoms. The van der Waals surface area contributed by atoms with Crippen LogP contribution >= 0.6 is 0 Å². The standard InChI is InChI=1S/C16H24N2O3/c1-11-8-13(6-7-17-11)16(20)18(2)10-12-4-5-14(19)15(9-12)21-3/h4-5,9,11,13,17,19H,6-8,10H2,1-3H3/t11-,13-/m0/s1. The lowest BCUT2D eigenvalue weighted by molar-refractivity contribution is -0.135. The summed E-state index contributed by atoms with van der Waals surface area (Å²) in [6.07, 6.45) is 1.79. The van der Waals surface area contributed by atoms with Gasteiger partial charge in [0, 0.05) is 25.6 Å². The molecule has 1 aromatic carbocycles. The van der Waals surface area contributed by atoms with E-state index in [1.165, 1.54) is 7.11 Å². The van der Waals surface area contributed by atoms with Crippen LogP contribution in [0.3, 0.4) is 0 Å². The molecule has 0 saturated carbocycles. The van der Waals surface area contributed by atoms with Gasteiger partial charge in [-0.1, -0.05) is 6.07 Å². The van der Waals surface area contributed by atoms with Crippen LogP contribution in [0, 0.1) is 5.92 Å². The summed E-state index contributed by atoms with van der Waals surface area (Å²) < 4.78 is 5.10. The molecule has 1 heterocycles. The van der Waals surface area contributed by atoms with E-state index in [1.54, 1.807) is 17.0 Å². The molecule has 116 valence electrons. The van der Waals surface area contributed by atoms with E-state index in [0.29, 0.717) is 18.3 Å². The molecule has 1 aromatic rings. The highest BCUT2D eigenvalue weighted by molar-refractivity contribution is 5.78. The van der Waals surface area contributed by atoms with Gasteiger partial charge in [-0.2, -0.15) is 0 Å². The van der Waals surface area contributed by atoms with Crippen LogP contribution < -0.4 is 10.1 Å². The Hall–Kier alpha value is -1.75. The molecule has 1 fully saturated rings. The van der Waals surface area contributed by atoms with E-state index in [2.05, 4.69) is 12.2 Å². The minimum Gasteiger partial charge on any atom is -0.504 e. The summed E-state index contributed by atoms with van der Waals surface area (Å²) in [5.74, 6) is 0.840. The predicted octanol–water partition coefficient (Wildman–Crippen LogP) is 1.75. The number of benzene rings is 1. The van der Waals surface area contributed by atoms with E-state index in [1.807, 2.05) is 13.1 Å². The largest absolute Gasteiger partial charge is 0.504 e. The summed E-state index contributed by atoms with van der Waals surface area (Å²) in [5.41, 5.74) is 0.947. The number of nitrogens with zero attached hydrogens (tertiary/aromatic N) is 1. The SMILES string of the molecule is COc1cc(CN(C)C(=O)[C@H]2CCN[C@@H](C)C2)ccc1O. The molecule has 2 atom stereocenters. The van der Waals surface area contributed by atoms with Crippen LogP contribution in [0.2, 0.25) is 0 Å². The first-order chi connectivity index (χ1) is 10.0. The molecule has 0 aromatic heterocycles. The molecule has 1 saturated heterocycles. The molecular weight excluding hydrogens is 268 g/mol. The number of hydrogen-bond acceptors (Lipinski definition) is 4. The third-order valence-electron chi connectivity index (χ3n) is 4.01. The van der Waals surface area contributed by atoms with Gasteiger partial charge in [0.25, 0.3) is 0 Å². The highest BCUT2D eigenvalue weighted by Crippen LogP contribution is 2.27. The number of methoxy groups -OCH3 is 1. The molecule has 0 radical (unpaired) electrons. The molecule has 2 rings (SSSR count). The number of piperidine rings is 1. The molecule has 0 unspecified atom stereocenters. The average molecular weight is 292 g/mol. The second kappa shape index (κ2) is 6.80. The van der Waals surface area contributed by atoms with Crippen molar-refractivity contribution >= 4 is 5.91 Å². The second-order valence-electron chi connectivity index (χ2n) is 5.78. The normalized spacial score (nSPS) is 21.9. The first kappa shape index (κ1) is 15.6. The smallest absolute Gasteiger partial charge is 0.225 e. The van der Waals surface area contributed by atoms with Gasteiger partial charge in [0.15, 0.2) is 11.5 Å². The Morgan fingerprint density at radius 1 is 1.52 bits per heavy atom. The summed E-state index contributed by atoms with van der Waals surface area (Å²) in [6.45, 7) is 3.54. The van der Waals surface area contributed by atoms with E-state index in [-0.39, 0.29) is 17.6 Å². The van der Waals surface area contributed by atoms with E-state index in [9.17, 15) is 9.90 Å². The molecule has 0 spiro atoms. The molecule has 0 aliphatic carbocycles. The second-order valence-corrected chi connectivity index (χ2v) is 5.78. The van der Waals surface area contributed by atoms with Crippen LogP contribution in [-0.4, -0.2) is 42.7 Å². The van der Waals surface area contributed by atoms with Crippen molar-refractivity contribution in [2.75, 3.05) is 20.7 Å². The minimum atomic E-state index is 0.102. The molecule has 5 heteroatoms. The lowest BCUT2D eigenvalue weighted by Gasteiger charge is -2.30. The van der Waals surface area contributed by atoms with Crippen molar-refractivity contribution in [3.63, 3.8) is 0 Å². The highest BCUT2D eigenvalue weighted by Gasteiger charge is 2.27. The lowest BCUT2D eigenvalue weighted by atomic mass is 9.92. The fourth-order valence-corrected chi connectivity index (χ4v) is 2.84. The van der Waals surface area contributed by atoms with Crippen molar-refractivity contribution in [2.24, 2.45) is 5.92 Å². The molecule has 5 nitrogen and oxygen atoms in total. The maximum Gasteiger partial charge on any atom is 0.225 e. The Morgan fingerprint density at radius 3 is 2.95 bits per heavy atom. The number of hydrogen-bond donors (Lipinski definition) is 2.